The second kappa shape index (κ2) is 3.70. The number of rotatable bonds is 0. The van der Waals surface area contributed by atoms with Gasteiger partial charge in [-0.25, -0.2) is 5.90 Å². The molecule has 0 spiro atoms. The first-order chi connectivity index (χ1) is 5.36. The van der Waals surface area contributed by atoms with Crippen LogP contribution in [0.5, 0.6) is 0 Å². The van der Waals surface area contributed by atoms with Crippen molar-refractivity contribution in [3.8, 4) is 0 Å². The number of hydrogen-bond donors (Lipinski definition) is 3. The lowest BCUT2D eigenvalue weighted by Crippen LogP contribution is -2.45. The molecular weight excluding hydrogens is 156 g/mol. The first-order valence-corrected chi connectivity index (χ1v) is 4.11. The summed E-state index contributed by atoms with van der Waals surface area (Å²) in [7, 11) is 0. The molecule has 12 heavy (non-hydrogen) atoms. The normalized spacial score (nSPS) is 26.2. The Labute approximate surface area is 73.9 Å². The lowest BCUT2D eigenvalue weighted by atomic mass is 10.0. The summed E-state index contributed by atoms with van der Waals surface area (Å²) in [5.74, 6) is 3.50. The second-order valence-electron chi connectivity index (χ2n) is 4.44. The molecule has 0 aromatic rings. The molecule has 4 nitrogen and oxygen atoms in total. The summed E-state index contributed by atoms with van der Waals surface area (Å²) in [6, 6.07) is 0. The Kier molecular flexibility index (Phi) is 3.65. The van der Waals surface area contributed by atoms with Crippen molar-refractivity contribution in [3.05, 3.63) is 0 Å². The van der Waals surface area contributed by atoms with Gasteiger partial charge in [0.1, 0.15) is 0 Å². The van der Waals surface area contributed by atoms with Gasteiger partial charge in [0.05, 0.1) is 0 Å². The van der Waals surface area contributed by atoms with Crippen LogP contribution in [-0.2, 0) is 0 Å². The van der Waals surface area contributed by atoms with Crippen LogP contribution in [0.4, 0.5) is 0 Å². The fourth-order valence-electron chi connectivity index (χ4n) is 1.64. The van der Waals surface area contributed by atoms with Crippen LogP contribution in [-0.4, -0.2) is 26.6 Å². The minimum atomic E-state index is -0.0243. The van der Waals surface area contributed by atoms with Gasteiger partial charge in [-0.05, 0) is 40.5 Å². The van der Waals surface area contributed by atoms with Crippen LogP contribution in [0.15, 0.2) is 0 Å². The topological polar surface area (TPSA) is 69.7 Å². The maximum atomic E-state index is 9.62. The van der Waals surface area contributed by atoms with Gasteiger partial charge >= 0.3 is 0 Å². The van der Waals surface area contributed by atoms with Crippen molar-refractivity contribution in [2.75, 3.05) is 0 Å². The van der Waals surface area contributed by atoms with Crippen molar-refractivity contribution < 1.29 is 10.4 Å². The summed E-state index contributed by atoms with van der Waals surface area (Å²) >= 11 is 0. The average molecular weight is 176 g/mol. The van der Waals surface area contributed by atoms with Crippen molar-refractivity contribution in [3.63, 3.8) is 0 Å². The van der Waals surface area contributed by atoms with Crippen LogP contribution in [0.1, 0.15) is 40.5 Å². The Bertz CT molecular complexity index is 130. The SMILES string of the molecule is CC1(C)CCC(C)(C)N1O.NO. The Morgan fingerprint density at radius 2 is 1.25 bits per heavy atom. The Hall–Kier alpha value is -0.160. The van der Waals surface area contributed by atoms with Gasteiger partial charge in [-0.15, -0.1) is 0 Å². The van der Waals surface area contributed by atoms with E-state index in [1.807, 2.05) is 0 Å². The van der Waals surface area contributed by atoms with Gasteiger partial charge in [0.2, 0.25) is 0 Å². The number of nitrogens with two attached hydrogens (primary N) is 1. The Balaban J connectivity index is 0.000000561. The van der Waals surface area contributed by atoms with Crippen molar-refractivity contribution in [1.29, 1.82) is 0 Å². The highest BCUT2D eigenvalue weighted by molar-refractivity contribution is 4.95. The first-order valence-electron chi connectivity index (χ1n) is 4.11. The molecule has 0 aromatic heterocycles. The molecule has 4 N–H and O–H groups in total. The molecule has 0 saturated carbocycles. The third-order valence-corrected chi connectivity index (χ3v) is 2.50. The molecule has 4 heteroatoms. The van der Waals surface area contributed by atoms with Crippen molar-refractivity contribution in [2.24, 2.45) is 5.90 Å². The first kappa shape index (κ1) is 11.8. The highest BCUT2D eigenvalue weighted by atomic mass is 16.5. The molecule has 1 aliphatic rings. The molecule has 0 bridgehead atoms. The Morgan fingerprint density at radius 1 is 1.00 bits per heavy atom. The predicted octanol–water partition coefficient (Wildman–Crippen LogP) is 1.36. The number of nitrogens with zero attached hydrogens (tertiary/aromatic N) is 1. The van der Waals surface area contributed by atoms with Crippen LogP contribution >= 0.6 is 0 Å². The zero-order valence-corrected chi connectivity index (χ0v) is 8.33. The van der Waals surface area contributed by atoms with E-state index in [-0.39, 0.29) is 11.1 Å². The van der Waals surface area contributed by atoms with E-state index in [0.717, 1.165) is 12.8 Å². The van der Waals surface area contributed by atoms with Gasteiger partial charge < -0.3 is 10.4 Å². The molecule has 0 aliphatic carbocycles. The molecule has 0 atom stereocenters. The van der Waals surface area contributed by atoms with E-state index < -0.39 is 0 Å². The zero-order chi connectivity index (χ0) is 9.99. The standard InChI is InChI=1S/C8H17NO.H3NO/c1-7(2)5-6-8(3,4)9(7)10;1-2/h10H,5-6H2,1-4H3;2H,1H2. The molecule has 0 aromatic carbocycles. The van der Waals surface area contributed by atoms with E-state index in [4.69, 9.17) is 5.21 Å². The molecule has 74 valence electrons. The van der Waals surface area contributed by atoms with Crippen molar-refractivity contribution >= 4 is 0 Å². The van der Waals surface area contributed by atoms with Gasteiger partial charge in [0, 0.05) is 11.1 Å². The monoisotopic (exact) mass is 176 g/mol. The number of hydrogen-bond acceptors (Lipinski definition) is 4. The molecule has 0 amide bonds. The minimum absolute atomic E-state index is 0.0243. The highest BCUT2D eigenvalue weighted by Gasteiger charge is 2.43. The molecule has 1 aliphatic heterocycles. The fraction of sp³-hybridized carbons (Fsp3) is 1.00. The number of hydroxylamine groups is 2. The van der Waals surface area contributed by atoms with Gasteiger partial charge in [0.15, 0.2) is 0 Å². The third kappa shape index (κ3) is 2.17. The largest absolute Gasteiger partial charge is 0.320 e. The zero-order valence-electron chi connectivity index (χ0n) is 8.33. The van der Waals surface area contributed by atoms with Crippen molar-refractivity contribution in [2.45, 2.75) is 51.6 Å². The van der Waals surface area contributed by atoms with E-state index in [0.29, 0.717) is 0 Å². The molecule has 0 radical (unpaired) electrons. The smallest absolute Gasteiger partial charge is 0.0411 e. The maximum absolute atomic E-state index is 9.62. The fourth-order valence-corrected chi connectivity index (χ4v) is 1.64. The van der Waals surface area contributed by atoms with E-state index in [9.17, 15) is 5.21 Å². The maximum Gasteiger partial charge on any atom is 0.0411 e. The van der Waals surface area contributed by atoms with Crippen LogP contribution in [0, 0.1) is 0 Å². The van der Waals surface area contributed by atoms with Gasteiger partial charge in [-0.2, -0.15) is 5.06 Å². The summed E-state index contributed by atoms with van der Waals surface area (Å²) in [5, 5.41) is 17.6. The summed E-state index contributed by atoms with van der Waals surface area (Å²) in [6.07, 6.45) is 2.16. The average Bonchev–Trinajstić information content (AvgIpc) is 2.19. The molecule has 0 unspecified atom stereocenters. The quantitative estimate of drug-likeness (QED) is 0.487. The van der Waals surface area contributed by atoms with Crippen molar-refractivity contribution in [1.82, 2.24) is 5.06 Å². The second-order valence-corrected chi connectivity index (χ2v) is 4.44. The van der Waals surface area contributed by atoms with Crippen LogP contribution < -0.4 is 5.90 Å². The predicted molar refractivity (Wildman–Crippen MR) is 47.0 cm³/mol. The van der Waals surface area contributed by atoms with Crippen LogP contribution in [0.2, 0.25) is 0 Å². The van der Waals surface area contributed by atoms with E-state index in [1.54, 1.807) is 0 Å². The Morgan fingerprint density at radius 3 is 1.33 bits per heavy atom. The van der Waals surface area contributed by atoms with Crippen LogP contribution in [0.3, 0.4) is 0 Å². The summed E-state index contributed by atoms with van der Waals surface area (Å²) in [6.45, 7) is 8.28. The molecule has 1 fully saturated rings. The lowest BCUT2D eigenvalue weighted by molar-refractivity contribution is -0.191. The lowest BCUT2D eigenvalue weighted by Gasteiger charge is -2.34. The minimum Gasteiger partial charge on any atom is -0.320 e. The molecular formula is C8H20N2O2. The summed E-state index contributed by atoms with van der Waals surface area (Å²) in [4.78, 5) is 0. The highest BCUT2D eigenvalue weighted by Crippen LogP contribution is 2.38. The van der Waals surface area contributed by atoms with Gasteiger partial charge in [-0.1, -0.05) is 0 Å². The summed E-state index contributed by atoms with van der Waals surface area (Å²) < 4.78 is 0. The van der Waals surface area contributed by atoms with Crippen LogP contribution in [0.25, 0.3) is 0 Å². The van der Waals surface area contributed by atoms with E-state index in [1.165, 1.54) is 5.06 Å². The molecule has 1 saturated heterocycles. The molecule has 1 heterocycles. The van der Waals surface area contributed by atoms with E-state index in [2.05, 4.69) is 33.6 Å². The third-order valence-electron chi connectivity index (χ3n) is 2.50. The van der Waals surface area contributed by atoms with Gasteiger partial charge in [-0.3, -0.25) is 0 Å². The molecule has 1 rings (SSSR count). The summed E-state index contributed by atoms with van der Waals surface area (Å²) in [5.41, 5.74) is -0.0486. The van der Waals surface area contributed by atoms with Gasteiger partial charge in [0.25, 0.3) is 0 Å². The van der Waals surface area contributed by atoms with E-state index >= 15 is 0 Å².